The highest BCUT2D eigenvalue weighted by Gasteiger charge is 2.45. The molecule has 0 aromatic heterocycles. The van der Waals surface area contributed by atoms with Gasteiger partial charge < -0.3 is 14.4 Å². The zero-order valence-corrected chi connectivity index (χ0v) is 15.6. The van der Waals surface area contributed by atoms with Gasteiger partial charge in [-0.1, -0.05) is 47.0 Å². The van der Waals surface area contributed by atoms with Gasteiger partial charge >= 0.3 is 7.60 Å². The van der Waals surface area contributed by atoms with Gasteiger partial charge in [-0.3, -0.25) is 4.57 Å². The van der Waals surface area contributed by atoms with E-state index in [1.54, 1.807) is 0 Å². The Bertz CT molecular complexity index is 285. The van der Waals surface area contributed by atoms with E-state index in [2.05, 4.69) is 26.1 Å². The van der Waals surface area contributed by atoms with Gasteiger partial charge in [-0.2, -0.15) is 0 Å². The molecule has 0 aliphatic rings. The molecule has 1 N–H and O–H groups in total. The van der Waals surface area contributed by atoms with E-state index in [-0.39, 0.29) is 0 Å². The maximum Gasteiger partial charge on any atom is 0.350 e. The van der Waals surface area contributed by atoms with E-state index in [0.29, 0.717) is 13.2 Å². The molecule has 21 heavy (non-hydrogen) atoms. The molecule has 0 spiro atoms. The standard InChI is InChI=1S/C16H36NO3P/c1-6-10-13-17-16(5,9-4)21(18,19-14-11-7-2)20-15-12-8-3/h17H,6-15H2,1-5H3. The van der Waals surface area contributed by atoms with Crippen molar-refractivity contribution in [1.29, 1.82) is 0 Å². The highest BCUT2D eigenvalue weighted by Crippen LogP contribution is 2.60. The van der Waals surface area contributed by atoms with Gasteiger partial charge in [0.15, 0.2) is 0 Å². The first-order valence-corrected chi connectivity index (χ1v) is 10.2. The maximum absolute atomic E-state index is 13.3. The van der Waals surface area contributed by atoms with Crippen LogP contribution in [0.1, 0.15) is 79.6 Å². The van der Waals surface area contributed by atoms with Crippen LogP contribution in [-0.2, 0) is 13.6 Å². The molecule has 0 rings (SSSR count). The largest absolute Gasteiger partial charge is 0.350 e. The van der Waals surface area contributed by atoms with Crippen molar-refractivity contribution >= 4 is 7.60 Å². The van der Waals surface area contributed by atoms with Crippen molar-refractivity contribution in [3.05, 3.63) is 0 Å². The summed E-state index contributed by atoms with van der Waals surface area (Å²) in [5.41, 5.74) is 0. The van der Waals surface area contributed by atoms with Gasteiger partial charge in [-0.05, 0) is 39.2 Å². The Morgan fingerprint density at radius 3 is 1.76 bits per heavy atom. The van der Waals surface area contributed by atoms with Crippen LogP contribution in [0.3, 0.4) is 0 Å². The van der Waals surface area contributed by atoms with Crippen molar-refractivity contribution in [3.8, 4) is 0 Å². The molecule has 0 fully saturated rings. The van der Waals surface area contributed by atoms with Crippen molar-refractivity contribution in [2.45, 2.75) is 84.8 Å². The smallest absolute Gasteiger partial charge is 0.307 e. The summed E-state index contributed by atoms with van der Waals surface area (Å²) in [7, 11) is -3.15. The van der Waals surface area contributed by atoms with E-state index in [0.717, 1.165) is 51.5 Å². The molecule has 0 saturated carbocycles. The van der Waals surface area contributed by atoms with Crippen molar-refractivity contribution < 1.29 is 13.6 Å². The van der Waals surface area contributed by atoms with E-state index >= 15 is 0 Å². The summed E-state index contributed by atoms with van der Waals surface area (Å²) < 4.78 is 24.9. The van der Waals surface area contributed by atoms with E-state index < -0.39 is 12.9 Å². The van der Waals surface area contributed by atoms with Crippen molar-refractivity contribution in [1.82, 2.24) is 5.32 Å². The second-order valence-electron chi connectivity index (χ2n) is 5.78. The summed E-state index contributed by atoms with van der Waals surface area (Å²) in [6, 6.07) is 0. The number of nitrogens with one attached hydrogen (secondary N) is 1. The average Bonchev–Trinajstić information content (AvgIpc) is 2.47. The Kier molecular flexibility index (Phi) is 11.7. The minimum atomic E-state index is -3.15. The van der Waals surface area contributed by atoms with Crippen molar-refractivity contribution in [2.75, 3.05) is 19.8 Å². The van der Waals surface area contributed by atoms with Crippen LogP contribution in [-0.4, -0.2) is 25.0 Å². The fourth-order valence-electron chi connectivity index (χ4n) is 1.93. The van der Waals surface area contributed by atoms with Gasteiger partial charge in [0.25, 0.3) is 0 Å². The summed E-state index contributed by atoms with van der Waals surface area (Å²) >= 11 is 0. The number of rotatable bonds is 14. The van der Waals surface area contributed by atoms with Crippen LogP contribution < -0.4 is 5.32 Å². The minimum absolute atomic E-state index is 0.505. The molecule has 0 aliphatic carbocycles. The summed E-state index contributed by atoms with van der Waals surface area (Å²) in [6.45, 7) is 12.2. The predicted octanol–water partition coefficient (Wildman–Crippen LogP) is 5.33. The highest BCUT2D eigenvalue weighted by molar-refractivity contribution is 7.55. The second kappa shape index (κ2) is 11.6. The topological polar surface area (TPSA) is 47.6 Å². The van der Waals surface area contributed by atoms with Crippen LogP contribution in [0.5, 0.6) is 0 Å². The monoisotopic (exact) mass is 321 g/mol. The van der Waals surface area contributed by atoms with Gasteiger partial charge in [0.2, 0.25) is 0 Å². The molecule has 4 nitrogen and oxygen atoms in total. The van der Waals surface area contributed by atoms with E-state index in [1.807, 2.05) is 13.8 Å². The van der Waals surface area contributed by atoms with Crippen LogP contribution in [0.15, 0.2) is 0 Å². The van der Waals surface area contributed by atoms with Gasteiger partial charge in [-0.15, -0.1) is 0 Å². The highest BCUT2D eigenvalue weighted by atomic mass is 31.2. The molecule has 1 unspecified atom stereocenters. The van der Waals surface area contributed by atoms with Crippen LogP contribution in [0, 0.1) is 0 Å². The fraction of sp³-hybridized carbons (Fsp3) is 1.00. The number of hydrogen-bond donors (Lipinski definition) is 1. The molecular formula is C16H36NO3P. The lowest BCUT2D eigenvalue weighted by Gasteiger charge is -2.36. The molecule has 1 atom stereocenters. The first-order chi connectivity index (χ1) is 9.99. The molecule has 0 heterocycles. The second-order valence-corrected chi connectivity index (χ2v) is 8.28. The van der Waals surface area contributed by atoms with E-state index in [4.69, 9.17) is 9.05 Å². The SMILES string of the molecule is CCCCNC(C)(CC)P(=O)(OCCCC)OCCCC. The minimum Gasteiger partial charge on any atom is -0.307 e. The number of unbranched alkanes of at least 4 members (excludes halogenated alkanes) is 3. The normalized spacial score (nSPS) is 15.1. The Morgan fingerprint density at radius 1 is 0.905 bits per heavy atom. The molecule has 0 radical (unpaired) electrons. The first-order valence-electron chi connectivity index (χ1n) is 8.63. The quantitative estimate of drug-likeness (QED) is 0.347. The van der Waals surface area contributed by atoms with Crippen LogP contribution in [0.4, 0.5) is 0 Å². The Labute approximate surface area is 131 Å². The molecule has 5 heteroatoms. The summed E-state index contributed by atoms with van der Waals surface area (Å²) in [4.78, 5) is 0. The van der Waals surface area contributed by atoms with Crippen LogP contribution in [0.25, 0.3) is 0 Å². The first kappa shape index (κ1) is 21.1. The van der Waals surface area contributed by atoms with E-state index in [9.17, 15) is 4.57 Å². The summed E-state index contributed by atoms with van der Waals surface area (Å²) in [6.07, 6.45) is 6.80. The molecule has 0 aromatic rings. The summed E-state index contributed by atoms with van der Waals surface area (Å²) in [5.74, 6) is 0. The molecule has 0 saturated heterocycles. The van der Waals surface area contributed by atoms with Gasteiger partial charge in [0.05, 0.1) is 13.2 Å². The zero-order chi connectivity index (χ0) is 16.2. The molecule has 0 aliphatic heterocycles. The lowest BCUT2D eigenvalue weighted by atomic mass is 10.2. The lowest BCUT2D eigenvalue weighted by Crippen LogP contribution is -2.43. The van der Waals surface area contributed by atoms with Gasteiger partial charge in [0.1, 0.15) is 5.28 Å². The fourth-order valence-corrected chi connectivity index (χ4v) is 4.01. The van der Waals surface area contributed by atoms with E-state index in [1.165, 1.54) is 0 Å². The van der Waals surface area contributed by atoms with Gasteiger partial charge in [0, 0.05) is 0 Å². The lowest BCUT2D eigenvalue weighted by molar-refractivity contribution is 0.171. The molecule has 0 bridgehead atoms. The zero-order valence-electron chi connectivity index (χ0n) is 14.7. The summed E-state index contributed by atoms with van der Waals surface area (Å²) in [5, 5.41) is 2.83. The molecular weight excluding hydrogens is 285 g/mol. The van der Waals surface area contributed by atoms with Crippen LogP contribution >= 0.6 is 7.60 Å². The third-order valence-corrected chi connectivity index (χ3v) is 6.58. The molecule has 0 aromatic carbocycles. The van der Waals surface area contributed by atoms with Gasteiger partial charge in [-0.25, -0.2) is 0 Å². The molecule has 0 amide bonds. The third-order valence-electron chi connectivity index (χ3n) is 3.85. The van der Waals surface area contributed by atoms with Crippen LogP contribution in [0.2, 0.25) is 0 Å². The third kappa shape index (κ3) is 7.27. The van der Waals surface area contributed by atoms with Crippen molar-refractivity contribution in [2.24, 2.45) is 0 Å². The Morgan fingerprint density at radius 2 is 1.38 bits per heavy atom. The predicted molar refractivity (Wildman–Crippen MR) is 90.9 cm³/mol. The Hall–Kier alpha value is 0.110. The number of hydrogen-bond acceptors (Lipinski definition) is 4. The average molecular weight is 321 g/mol. The molecule has 128 valence electrons. The van der Waals surface area contributed by atoms with Crippen molar-refractivity contribution in [3.63, 3.8) is 0 Å². The Balaban J connectivity index is 4.87. The maximum atomic E-state index is 13.3.